The van der Waals surface area contributed by atoms with E-state index in [1.54, 1.807) is 13.8 Å². The van der Waals surface area contributed by atoms with E-state index in [1.807, 2.05) is 63.2 Å². The molecule has 1 fully saturated rings. The lowest BCUT2D eigenvalue weighted by Gasteiger charge is -2.32. The Bertz CT molecular complexity index is 1020. The highest BCUT2D eigenvalue weighted by Crippen LogP contribution is 2.31. The van der Waals surface area contributed by atoms with E-state index in [2.05, 4.69) is 10.6 Å². The first-order valence-corrected chi connectivity index (χ1v) is 10.8. The lowest BCUT2D eigenvalue weighted by atomic mass is 9.84. The lowest BCUT2D eigenvalue weighted by Crippen LogP contribution is -2.55. The minimum absolute atomic E-state index is 0.261. The summed E-state index contributed by atoms with van der Waals surface area (Å²) in [4.78, 5) is 38.5. The molecule has 2 aromatic carbocycles. The zero-order chi connectivity index (χ0) is 23.7. The highest BCUT2D eigenvalue weighted by atomic mass is 16.8. The molecule has 0 spiro atoms. The summed E-state index contributed by atoms with van der Waals surface area (Å²) in [5.74, 6) is -3.29. The summed E-state index contributed by atoms with van der Waals surface area (Å²) < 4.78 is 11.1. The average molecular weight is 441 g/mol. The first-order chi connectivity index (χ1) is 14.9. The monoisotopic (exact) mass is 440 g/mol. The van der Waals surface area contributed by atoms with Gasteiger partial charge in [0.1, 0.15) is 6.04 Å². The molecule has 172 valence electrons. The third-order valence-electron chi connectivity index (χ3n) is 5.62. The van der Waals surface area contributed by atoms with Gasteiger partial charge in [-0.3, -0.25) is 9.59 Å². The number of hydrogen-bond donors (Lipinski definition) is 2. The molecule has 1 unspecified atom stereocenters. The molecule has 3 rings (SSSR count). The zero-order valence-corrected chi connectivity index (χ0v) is 19.5. The molecule has 3 atom stereocenters. The van der Waals surface area contributed by atoms with Crippen LogP contribution in [-0.2, 0) is 30.3 Å². The molecule has 0 radical (unpaired) electrons. The van der Waals surface area contributed by atoms with Crippen LogP contribution in [0.2, 0.25) is 0 Å². The maximum absolute atomic E-state index is 13.5. The molecule has 0 bridgehead atoms. The maximum Gasteiger partial charge on any atom is 0.338 e. The summed E-state index contributed by atoms with van der Waals surface area (Å²) in [7, 11) is 1.53. The van der Waals surface area contributed by atoms with Gasteiger partial charge in [-0.25, -0.2) is 4.79 Å². The fourth-order valence-corrected chi connectivity index (χ4v) is 3.95. The number of ether oxygens (including phenoxy) is 2. The normalized spacial score (nSPS) is 19.8. The number of nitrogens with one attached hydrogen (secondary N) is 2. The smallest absolute Gasteiger partial charge is 0.338 e. The van der Waals surface area contributed by atoms with Gasteiger partial charge in [0.2, 0.25) is 17.6 Å². The van der Waals surface area contributed by atoms with Gasteiger partial charge in [0.15, 0.2) is 6.10 Å². The standard InChI is InChI=1S/C25H32N2O5/c1-24(2,3)20(22(29)26-6)27-21(28)18(19-23(30)32-25(4,5)31-19)14-15-11-12-16-9-7-8-10-17(16)13-15/h7-13,18-20H,14H2,1-6H3,(H,26,29)(H,27,28)/t18-,19?,20-/m1/s1. The van der Waals surface area contributed by atoms with Crippen molar-refractivity contribution < 1.29 is 23.9 Å². The molecule has 0 aromatic heterocycles. The molecule has 1 aliphatic rings. The largest absolute Gasteiger partial charge is 0.432 e. The predicted molar refractivity (Wildman–Crippen MR) is 122 cm³/mol. The third kappa shape index (κ3) is 5.27. The molecule has 2 N–H and O–H groups in total. The van der Waals surface area contributed by atoms with Crippen molar-refractivity contribution >= 4 is 28.6 Å². The summed E-state index contributed by atoms with van der Waals surface area (Å²) in [6.45, 7) is 8.88. The summed E-state index contributed by atoms with van der Waals surface area (Å²) in [6.07, 6.45) is -0.807. The number of rotatable bonds is 6. The van der Waals surface area contributed by atoms with E-state index in [9.17, 15) is 14.4 Å². The second-order valence-corrected chi connectivity index (χ2v) is 9.77. The third-order valence-corrected chi connectivity index (χ3v) is 5.62. The van der Waals surface area contributed by atoms with E-state index in [-0.39, 0.29) is 12.3 Å². The van der Waals surface area contributed by atoms with Gasteiger partial charge in [0, 0.05) is 20.9 Å². The number of amides is 2. The van der Waals surface area contributed by atoms with Crippen LogP contribution in [0.1, 0.15) is 40.2 Å². The van der Waals surface area contributed by atoms with Crippen LogP contribution in [0.3, 0.4) is 0 Å². The molecule has 7 heteroatoms. The van der Waals surface area contributed by atoms with Crippen molar-refractivity contribution in [3.8, 4) is 0 Å². The molecule has 1 heterocycles. The Morgan fingerprint density at radius 2 is 1.72 bits per heavy atom. The maximum atomic E-state index is 13.5. The van der Waals surface area contributed by atoms with Crippen LogP contribution in [-0.4, -0.2) is 42.8 Å². The first kappa shape index (κ1) is 23.7. The minimum atomic E-state index is -1.12. The van der Waals surface area contributed by atoms with Crippen molar-refractivity contribution in [2.45, 2.75) is 59.0 Å². The van der Waals surface area contributed by atoms with Gasteiger partial charge >= 0.3 is 5.97 Å². The number of cyclic esters (lactones) is 1. The van der Waals surface area contributed by atoms with Gasteiger partial charge in [-0.15, -0.1) is 0 Å². The summed E-state index contributed by atoms with van der Waals surface area (Å²) in [5.41, 5.74) is 0.358. The van der Waals surface area contributed by atoms with Crippen LogP contribution in [0.4, 0.5) is 0 Å². The van der Waals surface area contributed by atoms with Crippen molar-refractivity contribution in [1.29, 1.82) is 0 Å². The van der Waals surface area contributed by atoms with Gasteiger partial charge in [0.05, 0.1) is 5.92 Å². The Hall–Kier alpha value is -2.93. The molecule has 0 aliphatic carbocycles. The van der Waals surface area contributed by atoms with Gasteiger partial charge in [-0.05, 0) is 28.2 Å². The summed E-state index contributed by atoms with van der Waals surface area (Å²) in [6, 6.07) is 13.1. The fourth-order valence-electron chi connectivity index (χ4n) is 3.95. The molecular formula is C25H32N2O5. The highest BCUT2D eigenvalue weighted by molar-refractivity contribution is 5.92. The number of carbonyl (C=O) groups excluding carboxylic acids is 3. The summed E-state index contributed by atoms with van der Waals surface area (Å²) in [5, 5.41) is 7.58. The molecule has 7 nitrogen and oxygen atoms in total. The second-order valence-electron chi connectivity index (χ2n) is 9.77. The molecule has 1 saturated heterocycles. The Morgan fingerprint density at radius 1 is 1.06 bits per heavy atom. The van der Waals surface area contributed by atoms with Crippen LogP contribution < -0.4 is 10.6 Å². The average Bonchev–Trinajstić information content (AvgIpc) is 3.00. The second kappa shape index (κ2) is 8.90. The number of likely N-dealkylation sites (N-methyl/N-ethyl adjacent to an activating group) is 1. The zero-order valence-electron chi connectivity index (χ0n) is 19.5. The minimum Gasteiger partial charge on any atom is -0.432 e. The van der Waals surface area contributed by atoms with Crippen molar-refractivity contribution in [2.75, 3.05) is 7.05 Å². The molecule has 1 aliphatic heterocycles. The van der Waals surface area contributed by atoms with E-state index >= 15 is 0 Å². The van der Waals surface area contributed by atoms with Crippen molar-refractivity contribution in [1.82, 2.24) is 10.6 Å². The Balaban J connectivity index is 1.93. The number of fused-ring (bicyclic) bond motifs is 1. The van der Waals surface area contributed by atoms with E-state index in [1.165, 1.54) is 7.05 Å². The van der Waals surface area contributed by atoms with Crippen molar-refractivity contribution in [3.05, 3.63) is 48.0 Å². The molecule has 2 aromatic rings. The van der Waals surface area contributed by atoms with Crippen LogP contribution in [0, 0.1) is 11.3 Å². The van der Waals surface area contributed by atoms with E-state index < -0.39 is 41.1 Å². The Kier molecular flexibility index (Phi) is 6.60. The number of carbonyl (C=O) groups is 3. The fraction of sp³-hybridized carbons (Fsp3) is 0.480. The number of hydrogen-bond acceptors (Lipinski definition) is 5. The van der Waals surface area contributed by atoms with Crippen LogP contribution >= 0.6 is 0 Å². The van der Waals surface area contributed by atoms with Crippen molar-refractivity contribution in [3.63, 3.8) is 0 Å². The van der Waals surface area contributed by atoms with Crippen LogP contribution in [0.15, 0.2) is 42.5 Å². The molecule has 32 heavy (non-hydrogen) atoms. The van der Waals surface area contributed by atoms with Crippen LogP contribution in [0.25, 0.3) is 10.8 Å². The van der Waals surface area contributed by atoms with Crippen LogP contribution in [0.5, 0.6) is 0 Å². The lowest BCUT2D eigenvalue weighted by molar-refractivity contribution is -0.162. The van der Waals surface area contributed by atoms with Gasteiger partial charge in [-0.2, -0.15) is 0 Å². The van der Waals surface area contributed by atoms with Gasteiger partial charge in [0.25, 0.3) is 0 Å². The molecular weight excluding hydrogens is 408 g/mol. The topological polar surface area (TPSA) is 93.7 Å². The van der Waals surface area contributed by atoms with E-state index in [0.29, 0.717) is 0 Å². The molecule has 0 saturated carbocycles. The van der Waals surface area contributed by atoms with E-state index in [4.69, 9.17) is 9.47 Å². The van der Waals surface area contributed by atoms with Crippen molar-refractivity contribution in [2.24, 2.45) is 11.3 Å². The number of benzene rings is 2. The van der Waals surface area contributed by atoms with Gasteiger partial charge in [-0.1, -0.05) is 63.2 Å². The first-order valence-electron chi connectivity index (χ1n) is 10.8. The summed E-state index contributed by atoms with van der Waals surface area (Å²) >= 11 is 0. The van der Waals surface area contributed by atoms with Gasteiger partial charge < -0.3 is 20.1 Å². The predicted octanol–water partition coefficient (Wildman–Crippen LogP) is 2.95. The highest BCUT2D eigenvalue weighted by Gasteiger charge is 2.48. The Morgan fingerprint density at radius 3 is 2.28 bits per heavy atom. The number of esters is 1. The SMILES string of the molecule is CNC(=O)[C@@H](NC(=O)[C@H](Cc1ccc2ccccc2c1)C1OC(C)(C)OC1=O)C(C)(C)C. The quantitative estimate of drug-likeness (QED) is 0.674. The Labute approximate surface area is 188 Å². The van der Waals surface area contributed by atoms with E-state index in [0.717, 1.165) is 16.3 Å². The molecule has 2 amide bonds.